The van der Waals surface area contributed by atoms with Gasteiger partial charge in [-0.3, -0.25) is 0 Å². The van der Waals surface area contributed by atoms with E-state index in [1.165, 1.54) is 0 Å². The second kappa shape index (κ2) is 4.15. The first-order valence-corrected chi connectivity index (χ1v) is 4.75. The molecule has 0 radical (unpaired) electrons. The van der Waals surface area contributed by atoms with Crippen molar-refractivity contribution >= 4 is 15.9 Å². The van der Waals surface area contributed by atoms with Gasteiger partial charge in [0.05, 0.1) is 0 Å². The van der Waals surface area contributed by atoms with Gasteiger partial charge in [-0.25, -0.2) is 8.78 Å². The van der Waals surface area contributed by atoms with E-state index in [-0.39, 0.29) is 6.04 Å². The van der Waals surface area contributed by atoms with Crippen molar-refractivity contribution in [2.24, 2.45) is 5.73 Å². The summed E-state index contributed by atoms with van der Waals surface area (Å²) in [5.74, 6) is -1.72. The number of hydrogen-bond donors (Lipinski definition) is 1. The predicted molar refractivity (Wildman–Crippen MR) is 51.3 cm³/mol. The van der Waals surface area contributed by atoms with Crippen LogP contribution < -0.4 is 5.73 Å². The molecule has 0 saturated heterocycles. The Balaban J connectivity index is 3.15. The van der Waals surface area contributed by atoms with Crippen LogP contribution in [0.4, 0.5) is 8.78 Å². The number of benzene rings is 1. The third kappa shape index (κ3) is 2.25. The maximum atomic E-state index is 12.8. The first-order valence-electron chi connectivity index (χ1n) is 3.96. The van der Waals surface area contributed by atoms with Crippen LogP contribution in [0.1, 0.15) is 24.9 Å². The second-order valence-corrected chi connectivity index (χ2v) is 3.66. The van der Waals surface area contributed by atoms with Crippen LogP contribution in [0.3, 0.4) is 0 Å². The van der Waals surface area contributed by atoms with Crippen LogP contribution in [0.2, 0.25) is 0 Å². The molecule has 72 valence electrons. The Kier molecular flexibility index (Phi) is 3.39. The molecular weight excluding hydrogens is 240 g/mol. The van der Waals surface area contributed by atoms with Crippen molar-refractivity contribution in [2.45, 2.75) is 19.4 Å². The van der Waals surface area contributed by atoms with Crippen LogP contribution in [0.25, 0.3) is 0 Å². The summed E-state index contributed by atoms with van der Waals surface area (Å²) in [6.07, 6.45) is 0.684. The smallest absolute Gasteiger partial charge is 0.159 e. The fourth-order valence-electron chi connectivity index (χ4n) is 1.04. The van der Waals surface area contributed by atoms with Crippen LogP contribution in [0.5, 0.6) is 0 Å². The number of rotatable bonds is 2. The maximum Gasteiger partial charge on any atom is 0.159 e. The van der Waals surface area contributed by atoms with Gasteiger partial charge in [0.25, 0.3) is 0 Å². The minimum absolute atomic E-state index is 0.260. The van der Waals surface area contributed by atoms with Gasteiger partial charge >= 0.3 is 0 Å². The molecule has 0 aliphatic heterocycles. The zero-order chi connectivity index (χ0) is 10.0. The summed E-state index contributed by atoms with van der Waals surface area (Å²) in [5.41, 5.74) is 6.29. The molecule has 2 N–H and O–H groups in total. The molecule has 0 heterocycles. The lowest BCUT2D eigenvalue weighted by Gasteiger charge is -2.11. The van der Waals surface area contributed by atoms with E-state index in [9.17, 15) is 8.78 Å². The zero-order valence-electron chi connectivity index (χ0n) is 7.15. The van der Waals surface area contributed by atoms with Gasteiger partial charge in [0.15, 0.2) is 11.6 Å². The number of nitrogens with two attached hydrogens (primary N) is 1. The molecule has 1 aromatic rings. The molecule has 1 atom stereocenters. The van der Waals surface area contributed by atoms with Gasteiger partial charge in [-0.05, 0) is 24.1 Å². The van der Waals surface area contributed by atoms with E-state index in [1.807, 2.05) is 6.92 Å². The van der Waals surface area contributed by atoms with Gasteiger partial charge in [0.2, 0.25) is 0 Å². The Bertz CT molecular complexity index is 315. The molecule has 4 heteroatoms. The summed E-state index contributed by atoms with van der Waals surface area (Å²) in [7, 11) is 0. The Morgan fingerprint density at radius 3 is 2.46 bits per heavy atom. The maximum absolute atomic E-state index is 12.8. The number of halogens is 3. The van der Waals surface area contributed by atoms with Crippen molar-refractivity contribution < 1.29 is 8.78 Å². The van der Waals surface area contributed by atoms with Gasteiger partial charge in [-0.1, -0.05) is 22.9 Å². The van der Waals surface area contributed by atoms with E-state index < -0.39 is 11.6 Å². The standard InChI is InChI=1S/C9H10BrF2N/c1-2-9(13)5-3-7(11)8(12)4-6(5)10/h3-4,9H,2,13H2,1H3/t9-/m0/s1. The number of hydrogen-bond acceptors (Lipinski definition) is 1. The first-order chi connectivity index (χ1) is 6.06. The summed E-state index contributed by atoms with van der Waals surface area (Å²) < 4.78 is 26.0. The molecule has 1 aromatic carbocycles. The molecule has 0 spiro atoms. The minimum atomic E-state index is -0.862. The third-order valence-corrected chi connectivity index (χ3v) is 2.57. The van der Waals surface area contributed by atoms with Gasteiger partial charge in [-0.2, -0.15) is 0 Å². The highest BCUT2D eigenvalue weighted by Crippen LogP contribution is 2.26. The van der Waals surface area contributed by atoms with Crippen molar-refractivity contribution in [3.8, 4) is 0 Å². The Labute approximate surface area is 84.1 Å². The fourth-order valence-corrected chi connectivity index (χ4v) is 1.65. The van der Waals surface area contributed by atoms with Crippen LogP contribution in [0, 0.1) is 11.6 Å². The molecule has 0 amide bonds. The van der Waals surface area contributed by atoms with E-state index in [0.717, 1.165) is 12.1 Å². The average Bonchev–Trinajstić information content (AvgIpc) is 2.10. The molecule has 13 heavy (non-hydrogen) atoms. The van der Waals surface area contributed by atoms with Gasteiger partial charge in [0.1, 0.15) is 0 Å². The Morgan fingerprint density at radius 1 is 1.38 bits per heavy atom. The van der Waals surface area contributed by atoms with Gasteiger partial charge in [0, 0.05) is 10.5 Å². The largest absolute Gasteiger partial charge is 0.324 e. The van der Waals surface area contributed by atoms with Crippen molar-refractivity contribution in [2.75, 3.05) is 0 Å². The highest BCUT2D eigenvalue weighted by Gasteiger charge is 2.12. The van der Waals surface area contributed by atoms with E-state index in [4.69, 9.17) is 5.73 Å². The summed E-state index contributed by atoms with van der Waals surface area (Å²) in [6, 6.07) is 1.97. The molecule has 0 fully saturated rings. The highest BCUT2D eigenvalue weighted by atomic mass is 79.9. The van der Waals surface area contributed by atoms with Gasteiger partial charge < -0.3 is 5.73 Å². The minimum Gasteiger partial charge on any atom is -0.324 e. The monoisotopic (exact) mass is 249 g/mol. The van der Waals surface area contributed by atoms with Crippen LogP contribution in [-0.2, 0) is 0 Å². The molecular formula is C9H10BrF2N. The molecule has 0 aliphatic rings. The van der Waals surface area contributed by atoms with Crippen molar-refractivity contribution in [1.82, 2.24) is 0 Å². The lowest BCUT2D eigenvalue weighted by Crippen LogP contribution is -2.10. The highest BCUT2D eigenvalue weighted by molar-refractivity contribution is 9.10. The molecule has 0 unspecified atom stereocenters. The lowest BCUT2D eigenvalue weighted by atomic mass is 10.1. The average molecular weight is 250 g/mol. The second-order valence-electron chi connectivity index (χ2n) is 2.80. The Hall–Kier alpha value is -0.480. The quantitative estimate of drug-likeness (QED) is 0.801. The van der Waals surface area contributed by atoms with E-state index in [0.29, 0.717) is 16.5 Å². The normalized spacial score (nSPS) is 13.0. The van der Waals surface area contributed by atoms with E-state index >= 15 is 0 Å². The SMILES string of the molecule is CC[C@H](N)c1cc(F)c(F)cc1Br. The fraction of sp³-hybridized carbons (Fsp3) is 0.333. The molecule has 0 saturated carbocycles. The van der Waals surface area contributed by atoms with Gasteiger partial charge in [-0.15, -0.1) is 0 Å². The van der Waals surface area contributed by atoms with Crippen LogP contribution in [0.15, 0.2) is 16.6 Å². The molecule has 0 aliphatic carbocycles. The first kappa shape index (κ1) is 10.6. The van der Waals surface area contributed by atoms with Crippen molar-refractivity contribution in [1.29, 1.82) is 0 Å². The summed E-state index contributed by atoms with van der Waals surface area (Å²) in [4.78, 5) is 0. The van der Waals surface area contributed by atoms with Crippen molar-refractivity contribution in [3.05, 3.63) is 33.8 Å². The predicted octanol–water partition coefficient (Wildman–Crippen LogP) is 3.14. The lowest BCUT2D eigenvalue weighted by molar-refractivity contribution is 0.503. The van der Waals surface area contributed by atoms with E-state index in [2.05, 4.69) is 15.9 Å². The van der Waals surface area contributed by atoms with E-state index in [1.54, 1.807) is 0 Å². The van der Waals surface area contributed by atoms with Crippen LogP contribution >= 0.6 is 15.9 Å². The topological polar surface area (TPSA) is 26.0 Å². The summed E-state index contributed by atoms with van der Waals surface area (Å²) >= 11 is 3.14. The zero-order valence-corrected chi connectivity index (χ0v) is 8.74. The Morgan fingerprint density at radius 2 is 1.92 bits per heavy atom. The van der Waals surface area contributed by atoms with Crippen LogP contribution in [-0.4, -0.2) is 0 Å². The third-order valence-electron chi connectivity index (χ3n) is 1.88. The molecule has 1 rings (SSSR count). The summed E-state index contributed by atoms with van der Waals surface area (Å²) in [5, 5.41) is 0. The molecule has 0 aromatic heterocycles. The van der Waals surface area contributed by atoms with Crippen molar-refractivity contribution in [3.63, 3.8) is 0 Å². The molecule has 0 bridgehead atoms. The molecule has 1 nitrogen and oxygen atoms in total. The summed E-state index contributed by atoms with van der Waals surface area (Å²) in [6.45, 7) is 1.89.